The van der Waals surface area contributed by atoms with Crippen molar-refractivity contribution in [2.75, 3.05) is 13.2 Å². The van der Waals surface area contributed by atoms with Crippen molar-refractivity contribution < 1.29 is 9.90 Å². The fourth-order valence-electron chi connectivity index (χ4n) is 3.18. The first-order valence-electron chi connectivity index (χ1n) is 8.02. The minimum atomic E-state index is 0.213. The van der Waals surface area contributed by atoms with Gasteiger partial charge in [0.25, 0.3) is 0 Å². The highest BCUT2D eigenvalue weighted by atomic mass is 32.1. The Kier molecular flexibility index (Phi) is 5.05. The van der Waals surface area contributed by atoms with Crippen LogP contribution < -0.4 is 0 Å². The summed E-state index contributed by atoms with van der Waals surface area (Å²) in [6, 6.07) is 8.43. The van der Waals surface area contributed by atoms with Crippen molar-refractivity contribution in [3.63, 3.8) is 0 Å². The fourth-order valence-corrected chi connectivity index (χ4v) is 4.14. The summed E-state index contributed by atoms with van der Waals surface area (Å²) in [6.45, 7) is 1.08. The van der Waals surface area contributed by atoms with Crippen LogP contribution in [-0.2, 0) is 11.2 Å². The zero-order valence-electron chi connectivity index (χ0n) is 12.7. The summed E-state index contributed by atoms with van der Waals surface area (Å²) in [6.07, 6.45) is 5.13. The summed E-state index contributed by atoms with van der Waals surface area (Å²) in [5.74, 6) is 0.236. The molecule has 2 aromatic rings. The van der Waals surface area contributed by atoms with E-state index in [1.807, 2.05) is 23.1 Å². The number of aryl methyl sites for hydroxylation is 1. The van der Waals surface area contributed by atoms with Gasteiger partial charge in [-0.15, -0.1) is 11.3 Å². The molecule has 4 nitrogen and oxygen atoms in total. The number of para-hydroxylation sites is 1. The number of aliphatic hydroxyl groups excluding tert-OH is 1. The van der Waals surface area contributed by atoms with E-state index in [1.54, 1.807) is 11.3 Å². The average Bonchev–Trinajstić information content (AvgIpc) is 3.16. The number of likely N-dealkylation sites (tertiary alicyclic amines) is 1. The molecular weight excluding hydrogens is 296 g/mol. The Hall–Kier alpha value is -1.46. The van der Waals surface area contributed by atoms with Gasteiger partial charge in [-0.1, -0.05) is 12.1 Å². The predicted molar refractivity (Wildman–Crippen MR) is 89.0 cm³/mol. The van der Waals surface area contributed by atoms with E-state index in [1.165, 1.54) is 4.70 Å². The molecule has 0 bridgehead atoms. The Morgan fingerprint density at radius 2 is 2.27 bits per heavy atom. The summed E-state index contributed by atoms with van der Waals surface area (Å²) in [7, 11) is 0. The summed E-state index contributed by atoms with van der Waals surface area (Å²) in [5.41, 5.74) is 1.02. The van der Waals surface area contributed by atoms with Crippen LogP contribution in [0.25, 0.3) is 10.2 Å². The molecule has 0 radical (unpaired) electrons. The second-order valence-electron chi connectivity index (χ2n) is 5.82. The number of hydrogen-bond acceptors (Lipinski definition) is 4. The summed E-state index contributed by atoms with van der Waals surface area (Å²) >= 11 is 1.68. The van der Waals surface area contributed by atoms with Gasteiger partial charge in [0.2, 0.25) is 5.91 Å². The maximum Gasteiger partial charge on any atom is 0.223 e. The first-order valence-corrected chi connectivity index (χ1v) is 8.84. The predicted octanol–water partition coefficient (Wildman–Crippen LogP) is 2.99. The third-order valence-electron chi connectivity index (χ3n) is 4.28. The Morgan fingerprint density at radius 1 is 1.41 bits per heavy atom. The number of aliphatic hydroxyl groups is 1. The van der Waals surface area contributed by atoms with Gasteiger partial charge in [0, 0.05) is 32.0 Å². The normalized spacial score (nSPS) is 18.2. The van der Waals surface area contributed by atoms with Crippen molar-refractivity contribution in [3.05, 3.63) is 29.3 Å². The van der Waals surface area contributed by atoms with Crippen LogP contribution in [0.2, 0.25) is 0 Å². The molecule has 1 atom stereocenters. The molecule has 2 heterocycles. The largest absolute Gasteiger partial charge is 0.396 e. The van der Waals surface area contributed by atoms with Gasteiger partial charge in [-0.2, -0.15) is 0 Å². The Labute approximate surface area is 134 Å². The maximum atomic E-state index is 12.4. The van der Waals surface area contributed by atoms with Crippen molar-refractivity contribution in [3.8, 4) is 0 Å². The lowest BCUT2D eigenvalue weighted by atomic mass is 10.1. The number of thiazole rings is 1. The van der Waals surface area contributed by atoms with Gasteiger partial charge in [0.1, 0.15) is 0 Å². The number of benzene rings is 1. The van der Waals surface area contributed by atoms with Crippen molar-refractivity contribution in [2.24, 2.45) is 0 Å². The van der Waals surface area contributed by atoms with Gasteiger partial charge >= 0.3 is 0 Å². The lowest BCUT2D eigenvalue weighted by molar-refractivity contribution is -0.132. The summed E-state index contributed by atoms with van der Waals surface area (Å²) < 4.78 is 1.19. The molecule has 1 unspecified atom stereocenters. The molecule has 1 aliphatic rings. The second-order valence-corrected chi connectivity index (χ2v) is 6.94. The first kappa shape index (κ1) is 15.4. The molecule has 1 aromatic carbocycles. The molecule has 1 N–H and O–H groups in total. The molecule has 1 saturated heterocycles. The summed E-state index contributed by atoms with van der Waals surface area (Å²) in [5, 5.41) is 10.0. The Bertz CT molecular complexity index is 607. The van der Waals surface area contributed by atoms with E-state index in [0.29, 0.717) is 12.5 Å². The number of fused-ring (bicyclic) bond motifs is 1. The van der Waals surface area contributed by atoms with Crippen molar-refractivity contribution in [1.82, 2.24) is 9.88 Å². The molecule has 1 fully saturated rings. The molecule has 1 aromatic heterocycles. The fraction of sp³-hybridized carbons (Fsp3) is 0.529. The standard InChI is InChI=1S/C17H22N2O2S/c20-12-4-6-13-5-3-11-19(13)17(21)10-9-16-18-14-7-1-2-8-15(14)22-16/h1-2,7-8,13,20H,3-6,9-12H2. The van der Waals surface area contributed by atoms with E-state index in [4.69, 9.17) is 5.11 Å². The molecule has 118 valence electrons. The topological polar surface area (TPSA) is 53.4 Å². The van der Waals surface area contributed by atoms with E-state index in [-0.39, 0.29) is 12.5 Å². The van der Waals surface area contributed by atoms with Crippen molar-refractivity contribution in [2.45, 2.75) is 44.6 Å². The maximum absolute atomic E-state index is 12.4. The molecule has 1 aliphatic heterocycles. The molecule has 0 aliphatic carbocycles. The van der Waals surface area contributed by atoms with Gasteiger partial charge in [-0.3, -0.25) is 4.79 Å². The average molecular weight is 318 g/mol. The smallest absolute Gasteiger partial charge is 0.223 e. The van der Waals surface area contributed by atoms with Crippen LogP contribution in [0, 0.1) is 0 Å². The van der Waals surface area contributed by atoms with Gasteiger partial charge in [-0.25, -0.2) is 4.98 Å². The molecule has 0 spiro atoms. The second kappa shape index (κ2) is 7.20. The summed E-state index contributed by atoms with van der Waals surface area (Å²) in [4.78, 5) is 19.1. The highest BCUT2D eigenvalue weighted by Crippen LogP contribution is 2.25. The van der Waals surface area contributed by atoms with Crippen LogP contribution in [0.1, 0.15) is 37.1 Å². The number of nitrogens with zero attached hydrogens (tertiary/aromatic N) is 2. The molecule has 0 saturated carbocycles. The number of amides is 1. The molecule has 3 rings (SSSR count). The Balaban J connectivity index is 1.57. The minimum Gasteiger partial charge on any atom is -0.396 e. The van der Waals surface area contributed by atoms with E-state index in [2.05, 4.69) is 11.1 Å². The van der Waals surface area contributed by atoms with E-state index < -0.39 is 0 Å². The van der Waals surface area contributed by atoms with Crippen LogP contribution in [0.3, 0.4) is 0 Å². The van der Waals surface area contributed by atoms with Gasteiger partial charge < -0.3 is 10.0 Å². The van der Waals surface area contributed by atoms with Crippen LogP contribution in [0.4, 0.5) is 0 Å². The first-order chi connectivity index (χ1) is 10.8. The van der Waals surface area contributed by atoms with Crippen LogP contribution in [-0.4, -0.2) is 40.1 Å². The molecule has 22 heavy (non-hydrogen) atoms. The van der Waals surface area contributed by atoms with Crippen LogP contribution in [0.5, 0.6) is 0 Å². The molecular formula is C17H22N2O2S. The zero-order valence-corrected chi connectivity index (χ0v) is 13.5. The van der Waals surface area contributed by atoms with Crippen molar-refractivity contribution >= 4 is 27.5 Å². The Morgan fingerprint density at radius 3 is 3.09 bits per heavy atom. The number of carbonyl (C=O) groups is 1. The number of rotatable bonds is 6. The number of aromatic nitrogens is 1. The third-order valence-corrected chi connectivity index (χ3v) is 5.38. The van der Waals surface area contributed by atoms with Gasteiger partial charge in [-0.05, 0) is 37.8 Å². The van der Waals surface area contributed by atoms with E-state index >= 15 is 0 Å². The highest BCUT2D eigenvalue weighted by molar-refractivity contribution is 7.18. The van der Waals surface area contributed by atoms with Crippen LogP contribution in [0.15, 0.2) is 24.3 Å². The third kappa shape index (κ3) is 3.47. The lowest BCUT2D eigenvalue weighted by Crippen LogP contribution is -2.35. The van der Waals surface area contributed by atoms with Gasteiger partial charge in [0.05, 0.1) is 15.2 Å². The molecule has 1 amide bonds. The SMILES string of the molecule is O=C(CCc1nc2ccccc2s1)N1CCCC1CCCO. The zero-order chi connectivity index (χ0) is 15.4. The van der Waals surface area contributed by atoms with Crippen LogP contribution >= 0.6 is 11.3 Å². The number of hydrogen-bond donors (Lipinski definition) is 1. The van der Waals surface area contributed by atoms with E-state index in [0.717, 1.165) is 49.2 Å². The van der Waals surface area contributed by atoms with Crippen molar-refractivity contribution in [1.29, 1.82) is 0 Å². The monoisotopic (exact) mass is 318 g/mol. The highest BCUT2D eigenvalue weighted by Gasteiger charge is 2.27. The lowest BCUT2D eigenvalue weighted by Gasteiger charge is -2.24. The van der Waals surface area contributed by atoms with Gasteiger partial charge in [0.15, 0.2) is 0 Å². The molecule has 5 heteroatoms. The number of carbonyl (C=O) groups excluding carboxylic acids is 1. The quantitative estimate of drug-likeness (QED) is 0.891. The van der Waals surface area contributed by atoms with E-state index in [9.17, 15) is 4.79 Å². The minimum absolute atomic E-state index is 0.213.